The molecule has 0 amide bonds. The van der Waals surface area contributed by atoms with Crippen LogP contribution in [0.1, 0.15) is 19.9 Å². The van der Waals surface area contributed by atoms with Crippen LogP contribution in [-0.2, 0) is 10.0 Å². The van der Waals surface area contributed by atoms with Gasteiger partial charge in [0.25, 0.3) is 0 Å². The Morgan fingerprint density at radius 2 is 1.83 bits per heavy atom. The number of anilines is 3. The van der Waals surface area contributed by atoms with Crippen molar-refractivity contribution in [2.24, 2.45) is 5.14 Å². The Hall–Kier alpha value is -3.44. The van der Waals surface area contributed by atoms with Crippen molar-refractivity contribution in [2.45, 2.75) is 24.8 Å². The van der Waals surface area contributed by atoms with Gasteiger partial charge in [0.05, 0.1) is 15.9 Å². The molecule has 11 heteroatoms. The first-order valence-corrected chi connectivity index (χ1v) is 10.4. The molecule has 0 fully saturated rings. The largest absolute Gasteiger partial charge is 0.368 e. The van der Waals surface area contributed by atoms with Gasteiger partial charge in [-0.2, -0.15) is 9.67 Å². The maximum atomic E-state index is 11.6. The molecular weight excluding hydrogens is 392 g/mol. The highest BCUT2D eigenvalue weighted by Crippen LogP contribution is 2.25. The van der Waals surface area contributed by atoms with E-state index in [0.29, 0.717) is 11.6 Å². The Bertz CT molecular complexity index is 1310. The summed E-state index contributed by atoms with van der Waals surface area (Å²) < 4.78 is 26.6. The van der Waals surface area contributed by atoms with Crippen molar-refractivity contribution in [3.05, 3.63) is 48.5 Å². The molecule has 0 spiro atoms. The predicted octanol–water partition coefficient (Wildman–Crippen LogP) is 2.17. The fourth-order valence-corrected chi connectivity index (χ4v) is 3.65. The molecule has 29 heavy (non-hydrogen) atoms. The molecule has 0 aliphatic rings. The Morgan fingerprint density at radius 1 is 1.07 bits per heavy atom. The van der Waals surface area contributed by atoms with Crippen LogP contribution < -0.4 is 16.2 Å². The summed E-state index contributed by atoms with van der Waals surface area (Å²) in [6.45, 7) is 4.09. The van der Waals surface area contributed by atoms with E-state index in [1.165, 1.54) is 16.8 Å². The van der Waals surface area contributed by atoms with E-state index in [0.717, 1.165) is 11.0 Å². The van der Waals surface area contributed by atoms with Crippen LogP contribution in [0.25, 0.3) is 17.0 Å². The highest BCUT2D eigenvalue weighted by molar-refractivity contribution is 7.89. The van der Waals surface area contributed by atoms with Crippen molar-refractivity contribution in [1.29, 1.82) is 0 Å². The van der Waals surface area contributed by atoms with Crippen molar-refractivity contribution >= 4 is 38.6 Å². The molecule has 0 aliphatic carbocycles. The van der Waals surface area contributed by atoms with Gasteiger partial charge in [-0.1, -0.05) is 18.2 Å². The third-order valence-electron chi connectivity index (χ3n) is 4.33. The van der Waals surface area contributed by atoms with Crippen molar-refractivity contribution < 1.29 is 8.42 Å². The minimum absolute atomic E-state index is 0.0171. The van der Waals surface area contributed by atoms with Gasteiger partial charge in [-0.25, -0.2) is 18.5 Å². The fourth-order valence-electron chi connectivity index (χ4n) is 3.09. The number of nitrogen functional groups attached to an aromatic ring is 1. The molecule has 150 valence electrons. The lowest BCUT2D eigenvalue weighted by Gasteiger charge is -2.12. The summed E-state index contributed by atoms with van der Waals surface area (Å²) in [5.41, 5.74) is 8.34. The lowest BCUT2D eigenvalue weighted by molar-refractivity contribution is 0.589. The topological polar surface area (TPSA) is 147 Å². The molecule has 2 aromatic heterocycles. The summed E-state index contributed by atoms with van der Waals surface area (Å²) in [7, 11) is -3.82. The maximum absolute atomic E-state index is 11.6. The van der Waals surface area contributed by atoms with E-state index in [4.69, 9.17) is 10.9 Å². The van der Waals surface area contributed by atoms with Gasteiger partial charge in [-0.3, -0.25) is 0 Å². The van der Waals surface area contributed by atoms with E-state index in [2.05, 4.69) is 20.4 Å². The molecular formula is C18H20N8O2S. The van der Waals surface area contributed by atoms with Gasteiger partial charge in [0, 0.05) is 11.7 Å². The van der Waals surface area contributed by atoms with E-state index in [-0.39, 0.29) is 22.8 Å². The van der Waals surface area contributed by atoms with E-state index < -0.39 is 10.0 Å². The zero-order valence-corrected chi connectivity index (χ0v) is 16.6. The number of para-hydroxylation sites is 2. The Kier molecular flexibility index (Phi) is 4.47. The van der Waals surface area contributed by atoms with Gasteiger partial charge in [0.15, 0.2) is 0 Å². The van der Waals surface area contributed by atoms with Crippen molar-refractivity contribution in [2.75, 3.05) is 11.1 Å². The molecule has 4 aromatic rings. The minimum Gasteiger partial charge on any atom is -0.368 e. The lowest BCUT2D eigenvalue weighted by atomic mass is 10.3. The van der Waals surface area contributed by atoms with Crippen LogP contribution in [0, 0.1) is 0 Å². The van der Waals surface area contributed by atoms with Gasteiger partial charge in [-0.05, 0) is 44.2 Å². The van der Waals surface area contributed by atoms with Crippen LogP contribution in [-0.4, -0.2) is 32.7 Å². The van der Waals surface area contributed by atoms with E-state index in [1.54, 1.807) is 12.1 Å². The number of nitrogens with two attached hydrogens (primary N) is 2. The van der Waals surface area contributed by atoms with Crippen molar-refractivity contribution in [3.8, 4) is 5.95 Å². The summed E-state index contributed by atoms with van der Waals surface area (Å²) in [4.78, 5) is 8.86. The molecule has 4 rings (SSSR count). The summed E-state index contributed by atoms with van der Waals surface area (Å²) in [6, 6.07) is 13.9. The number of imidazole rings is 1. The van der Waals surface area contributed by atoms with Crippen LogP contribution in [0.4, 0.5) is 17.6 Å². The van der Waals surface area contributed by atoms with Crippen LogP contribution in [0.3, 0.4) is 0 Å². The van der Waals surface area contributed by atoms with Crippen LogP contribution in [0.15, 0.2) is 53.4 Å². The summed E-state index contributed by atoms with van der Waals surface area (Å²) in [6.07, 6.45) is 0. The Morgan fingerprint density at radius 3 is 2.55 bits per heavy atom. The SMILES string of the molecule is CC(C)n1c(-n2nc(Nc3cccc(S(N)(=O)=O)c3)nc2N)nc2ccccc21. The van der Waals surface area contributed by atoms with E-state index in [1.807, 2.05) is 42.7 Å². The molecule has 0 radical (unpaired) electrons. The first-order valence-electron chi connectivity index (χ1n) is 8.84. The third kappa shape index (κ3) is 3.52. The maximum Gasteiger partial charge on any atom is 0.248 e. The van der Waals surface area contributed by atoms with Crippen molar-refractivity contribution in [3.63, 3.8) is 0 Å². The van der Waals surface area contributed by atoms with Gasteiger partial charge in [0.2, 0.25) is 27.9 Å². The minimum atomic E-state index is -3.82. The zero-order chi connectivity index (χ0) is 20.8. The molecule has 0 saturated carbocycles. The van der Waals surface area contributed by atoms with Gasteiger partial charge >= 0.3 is 0 Å². The number of hydrogen-bond acceptors (Lipinski definition) is 7. The van der Waals surface area contributed by atoms with Gasteiger partial charge < -0.3 is 15.6 Å². The van der Waals surface area contributed by atoms with Gasteiger partial charge in [-0.15, -0.1) is 5.10 Å². The van der Waals surface area contributed by atoms with Crippen molar-refractivity contribution in [1.82, 2.24) is 24.3 Å². The summed E-state index contributed by atoms with van der Waals surface area (Å²) in [5, 5.41) is 12.5. The molecule has 0 atom stereocenters. The molecule has 0 aliphatic heterocycles. The monoisotopic (exact) mass is 412 g/mol. The number of nitrogens with zero attached hydrogens (tertiary/aromatic N) is 5. The highest BCUT2D eigenvalue weighted by Gasteiger charge is 2.19. The second kappa shape index (κ2) is 6.87. The lowest BCUT2D eigenvalue weighted by Crippen LogP contribution is -2.12. The van der Waals surface area contributed by atoms with Crippen LogP contribution in [0.2, 0.25) is 0 Å². The van der Waals surface area contributed by atoms with Crippen LogP contribution in [0.5, 0.6) is 0 Å². The number of nitrogens with one attached hydrogen (secondary N) is 1. The van der Waals surface area contributed by atoms with Gasteiger partial charge in [0.1, 0.15) is 0 Å². The number of benzene rings is 2. The molecule has 0 bridgehead atoms. The van der Waals surface area contributed by atoms with E-state index >= 15 is 0 Å². The molecule has 0 unspecified atom stereocenters. The number of primary sulfonamides is 1. The summed E-state index contributed by atoms with van der Waals surface area (Å²) >= 11 is 0. The molecule has 0 saturated heterocycles. The first-order chi connectivity index (χ1) is 13.7. The smallest absolute Gasteiger partial charge is 0.248 e. The second-order valence-corrected chi connectivity index (χ2v) is 8.33. The standard InChI is InChI=1S/C18H20N8O2S/c1-11(2)25-15-9-4-3-8-14(15)22-18(25)26-16(19)23-17(24-26)21-12-6-5-7-13(10-12)29(20,27)28/h3-11H,1-2H3,(H2,20,27,28)(H3,19,21,23,24). The third-order valence-corrected chi connectivity index (χ3v) is 5.24. The Labute approximate surface area is 167 Å². The number of sulfonamides is 1. The molecule has 5 N–H and O–H groups in total. The molecule has 2 aromatic carbocycles. The molecule has 10 nitrogen and oxygen atoms in total. The number of fused-ring (bicyclic) bond motifs is 1. The Balaban J connectivity index is 1.75. The first kappa shape index (κ1) is 18.9. The number of aromatic nitrogens is 5. The average Bonchev–Trinajstić information content (AvgIpc) is 3.21. The fraction of sp³-hybridized carbons (Fsp3) is 0.167. The number of rotatable bonds is 5. The highest BCUT2D eigenvalue weighted by atomic mass is 32.2. The second-order valence-electron chi connectivity index (χ2n) is 6.77. The zero-order valence-electron chi connectivity index (χ0n) is 15.8. The number of hydrogen-bond donors (Lipinski definition) is 3. The van der Waals surface area contributed by atoms with E-state index in [9.17, 15) is 8.42 Å². The average molecular weight is 412 g/mol. The quantitative estimate of drug-likeness (QED) is 0.455. The normalized spacial score (nSPS) is 12.0. The van der Waals surface area contributed by atoms with Crippen LogP contribution >= 0.6 is 0 Å². The summed E-state index contributed by atoms with van der Waals surface area (Å²) in [5.74, 6) is 0.890. The molecule has 2 heterocycles. The predicted molar refractivity (Wildman–Crippen MR) is 111 cm³/mol.